The molecule has 0 aliphatic heterocycles. The van der Waals surface area contributed by atoms with E-state index in [1.807, 2.05) is 24.3 Å². The summed E-state index contributed by atoms with van der Waals surface area (Å²) in [4.78, 5) is 12.3. The number of carbonyl (C=O) groups is 1. The van der Waals surface area contributed by atoms with E-state index in [-0.39, 0.29) is 0 Å². The van der Waals surface area contributed by atoms with Crippen LogP contribution in [-0.2, 0) is 4.79 Å². The summed E-state index contributed by atoms with van der Waals surface area (Å²) in [6.45, 7) is 1.71. The van der Waals surface area contributed by atoms with E-state index in [0.29, 0.717) is 6.42 Å². The molecule has 1 atom stereocenters. The Bertz CT molecular complexity index is 425. The molecule has 0 saturated carbocycles. The van der Waals surface area contributed by atoms with Crippen molar-refractivity contribution < 1.29 is 14.6 Å². The molecule has 1 rings (SSSR count). The Balaban J connectivity index is 2.40. The number of ether oxygens (including phenoxy) is 1. The van der Waals surface area contributed by atoms with Crippen molar-refractivity contribution in [1.82, 2.24) is 5.32 Å². The highest BCUT2D eigenvalue weighted by Crippen LogP contribution is 2.24. The zero-order valence-electron chi connectivity index (χ0n) is 11.6. The molecule has 0 heterocycles. The van der Waals surface area contributed by atoms with Gasteiger partial charge in [0, 0.05) is 4.90 Å². The lowest BCUT2D eigenvalue weighted by molar-refractivity contribution is -0.144. The van der Waals surface area contributed by atoms with Gasteiger partial charge in [-0.15, -0.1) is 11.8 Å². The molecule has 4 nitrogen and oxygen atoms in total. The Morgan fingerprint density at radius 3 is 2.84 bits per heavy atom. The Morgan fingerprint density at radius 1 is 1.53 bits per heavy atom. The third kappa shape index (κ3) is 4.76. The van der Waals surface area contributed by atoms with Crippen molar-refractivity contribution >= 4 is 17.7 Å². The molecule has 0 aliphatic rings. The first-order chi connectivity index (χ1) is 9.01. The monoisotopic (exact) mass is 283 g/mol. The maximum Gasteiger partial charge on any atom is 0.323 e. The second-order valence-corrected chi connectivity index (χ2v) is 5.69. The van der Waals surface area contributed by atoms with Gasteiger partial charge in [-0.1, -0.05) is 6.07 Å². The minimum Gasteiger partial charge on any atom is -0.497 e. The highest BCUT2D eigenvalue weighted by molar-refractivity contribution is 7.99. The lowest BCUT2D eigenvalue weighted by Crippen LogP contribution is -2.47. The van der Waals surface area contributed by atoms with Crippen LogP contribution in [0.4, 0.5) is 0 Å². The lowest BCUT2D eigenvalue weighted by atomic mass is 9.97. The second-order valence-electron chi connectivity index (χ2n) is 4.52. The number of nitrogens with one attached hydrogen (secondary N) is 1. The highest BCUT2D eigenvalue weighted by Gasteiger charge is 2.30. The van der Waals surface area contributed by atoms with Gasteiger partial charge in [-0.25, -0.2) is 0 Å². The Hall–Kier alpha value is -1.20. The van der Waals surface area contributed by atoms with Gasteiger partial charge in [0.15, 0.2) is 0 Å². The molecular weight excluding hydrogens is 262 g/mol. The van der Waals surface area contributed by atoms with E-state index in [0.717, 1.165) is 22.8 Å². The first-order valence-corrected chi connectivity index (χ1v) is 7.19. The molecule has 0 aliphatic carbocycles. The summed E-state index contributed by atoms with van der Waals surface area (Å²) >= 11 is 1.71. The standard InChI is InChI=1S/C14H21NO3S/c1-14(15-2,13(16)17)8-5-9-19-12-7-4-6-11(10-12)18-3/h4,6-7,10,15H,5,8-9H2,1-3H3,(H,16,17). The predicted octanol–water partition coefficient (Wildman–Crippen LogP) is 2.63. The van der Waals surface area contributed by atoms with Gasteiger partial charge in [-0.05, 0) is 50.8 Å². The van der Waals surface area contributed by atoms with Gasteiger partial charge >= 0.3 is 5.97 Å². The Morgan fingerprint density at radius 2 is 2.26 bits per heavy atom. The largest absolute Gasteiger partial charge is 0.497 e. The molecule has 0 aromatic heterocycles. The lowest BCUT2D eigenvalue weighted by Gasteiger charge is -2.23. The zero-order valence-corrected chi connectivity index (χ0v) is 12.4. The van der Waals surface area contributed by atoms with Gasteiger partial charge in [-0.2, -0.15) is 0 Å². The van der Waals surface area contributed by atoms with E-state index in [9.17, 15) is 4.79 Å². The topological polar surface area (TPSA) is 58.6 Å². The molecule has 0 bridgehead atoms. The number of thioether (sulfide) groups is 1. The van der Waals surface area contributed by atoms with E-state index >= 15 is 0 Å². The first-order valence-electron chi connectivity index (χ1n) is 6.21. The van der Waals surface area contributed by atoms with Crippen molar-refractivity contribution in [2.75, 3.05) is 19.9 Å². The molecule has 0 spiro atoms. The van der Waals surface area contributed by atoms with Crippen LogP contribution >= 0.6 is 11.8 Å². The SMILES string of the molecule is CNC(C)(CCCSc1cccc(OC)c1)C(=O)O. The van der Waals surface area contributed by atoms with Gasteiger partial charge in [0.25, 0.3) is 0 Å². The van der Waals surface area contributed by atoms with Crippen LogP contribution < -0.4 is 10.1 Å². The molecule has 5 heteroatoms. The summed E-state index contributed by atoms with van der Waals surface area (Å²) in [7, 11) is 3.33. The molecular formula is C14H21NO3S. The average Bonchev–Trinajstić information content (AvgIpc) is 2.43. The minimum atomic E-state index is -0.838. The van der Waals surface area contributed by atoms with Crippen molar-refractivity contribution in [1.29, 1.82) is 0 Å². The van der Waals surface area contributed by atoms with Gasteiger partial charge < -0.3 is 15.2 Å². The van der Waals surface area contributed by atoms with E-state index in [1.165, 1.54) is 0 Å². The summed E-state index contributed by atoms with van der Waals surface area (Å²) in [5.41, 5.74) is -0.838. The number of likely N-dealkylation sites (N-methyl/N-ethyl adjacent to an activating group) is 1. The number of methoxy groups -OCH3 is 1. The number of carboxylic acids is 1. The van der Waals surface area contributed by atoms with Gasteiger partial charge in [0.2, 0.25) is 0 Å². The van der Waals surface area contributed by atoms with Crippen LogP contribution in [-0.4, -0.2) is 36.5 Å². The van der Waals surface area contributed by atoms with E-state index in [1.54, 1.807) is 32.8 Å². The molecule has 1 aromatic carbocycles. The summed E-state index contributed by atoms with van der Waals surface area (Å²) in [5.74, 6) is 0.925. The Labute approximate surface area is 118 Å². The van der Waals surface area contributed by atoms with Crippen molar-refractivity contribution in [3.8, 4) is 5.75 Å². The summed E-state index contributed by atoms with van der Waals surface area (Å²) < 4.78 is 5.16. The van der Waals surface area contributed by atoms with Crippen LogP contribution in [0.2, 0.25) is 0 Å². The fourth-order valence-electron chi connectivity index (χ4n) is 1.65. The number of benzene rings is 1. The van der Waals surface area contributed by atoms with E-state index in [4.69, 9.17) is 9.84 Å². The maximum atomic E-state index is 11.1. The van der Waals surface area contributed by atoms with Crippen LogP contribution in [0.25, 0.3) is 0 Å². The minimum absolute atomic E-state index is 0.607. The van der Waals surface area contributed by atoms with Crippen LogP contribution in [0.15, 0.2) is 29.2 Å². The van der Waals surface area contributed by atoms with Crippen LogP contribution in [0.5, 0.6) is 5.75 Å². The number of hydrogen-bond donors (Lipinski definition) is 2. The quantitative estimate of drug-likeness (QED) is 0.567. The molecule has 0 saturated heterocycles. The predicted molar refractivity (Wildman–Crippen MR) is 78.1 cm³/mol. The van der Waals surface area contributed by atoms with Crippen molar-refractivity contribution in [3.05, 3.63) is 24.3 Å². The summed E-state index contributed by atoms with van der Waals surface area (Å²) in [6, 6.07) is 7.88. The third-order valence-electron chi connectivity index (χ3n) is 3.15. The van der Waals surface area contributed by atoms with E-state index in [2.05, 4.69) is 5.32 Å². The van der Waals surface area contributed by atoms with Crippen LogP contribution in [0.1, 0.15) is 19.8 Å². The molecule has 1 aromatic rings. The van der Waals surface area contributed by atoms with Crippen molar-refractivity contribution in [2.24, 2.45) is 0 Å². The number of aliphatic carboxylic acids is 1. The van der Waals surface area contributed by atoms with E-state index < -0.39 is 11.5 Å². The molecule has 2 N–H and O–H groups in total. The molecule has 106 valence electrons. The maximum absolute atomic E-state index is 11.1. The van der Waals surface area contributed by atoms with Crippen molar-refractivity contribution in [3.63, 3.8) is 0 Å². The molecule has 19 heavy (non-hydrogen) atoms. The highest BCUT2D eigenvalue weighted by atomic mass is 32.2. The van der Waals surface area contributed by atoms with Gasteiger partial charge in [-0.3, -0.25) is 4.79 Å². The molecule has 0 fully saturated rings. The Kier molecular flexibility index (Phi) is 6.18. The van der Waals surface area contributed by atoms with Gasteiger partial charge in [0.1, 0.15) is 11.3 Å². The smallest absolute Gasteiger partial charge is 0.323 e. The normalized spacial score (nSPS) is 13.8. The first kappa shape index (κ1) is 15.9. The van der Waals surface area contributed by atoms with Gasteiger partial charge in [0.05, 0.1) is 7.11 Å². The second kappa shape index (κ2) is 7.40. The number of hydrogen-bond acceptors (Lipinski definition) is 4. The fraction of sp³-hybridized carbons (Fsp3) is 0.500. The summed E-state index contributed by atoms with van der Waals surface area (Å²) in [6.07, 6.45) is 1.45. The third-order valence-corrected chi connectivity index (χ3v) is 4.23. The molecule has 1 unspecified atom stereocenters. The number of carboxylic acid groups (broad SMARTS) is 1. The molecule has 0 amide bonds. The van der Waals surface area contributed by atoms with Crippen molar-refractivity contribution in [2.45, 2.75) is 30.2 Å². The fourth-order valence-corrected chi connectivity index (χ4v) is 2.54. The molecule has 0 radical (unpaired) electrons. The van der Waals surface area contributed by atoms with Crippen LogP contribution in [0, 0.1) is 0 Å². The van der Waals surface area contributed by atoms with Crippen LogP contribution in [0.3, 0.4) is 0 Å². The number of rotatable bonds is 8. The average molecular weight is 283 g/mol. The summed E-state index contributed by atoms with van der Waals surface area (Å²) in [5, 5.41) is 12.0. The zero-order chi connectivity index (χ0) is 14.3.